The average molecular weight is 874 g/mol. The average Bonchev–Trinajstić information content (AvgIpc) is 3.26. The van der Waals surface area contributed by atoms with Gasteiger partial charge in [0.2, 0.25) is 5.91 Å². The number of esters is 1. The molecule has 3 unspecified atom stereocenters. The van der Waals surface area contributed by atoms with E-state index >= 15 is 0 Å². The monoisotopic (exact) mass is 874 g/mol. The Balaban J connectivity index is 4.47. The van der Waals surface area contributed by atoms with Crippen LogP contribution in [0.3, 0.4) is 0 Å². The molecule has 0 aliphatic carbocycles. The molecule has 0 rings (SSSR count). The van der Waals surface area contributed by atoms with E-state index in [0.29, 0.717) is 19.3 Å². The summed E-state index contributed by atoms with van der Waals surface area (Å²) in [6.07, 6.45) is 58.2. The van der Waals surface area contributed by atoms with Gasteiger partial charge in [0.1, 0.15) is 6.10 Å². The second-order valence-corrected chi connectivity index (χ2v) is 19.0. The van der Waals surface area contributed by atoms with E-state index in [1.807, 2.05) is 0 Å². The first-order chi connectivity index (χ1) is 30.5. The van der Waals surface area contributed by atoms with Gasteiger partial charge >= 0.3 is 5.97 Å². The summed E-state index contributed by atoms with van der Waals surface area (Å²) in [4.78, 5) is 26.1. The number of rotatable bonds is 50. The van der Waals surface area contributed by atoms with Gasteiger partial charge in [-0.25, -0.2) is 0 Å². The van der Waals surface area contributed by atoms with E-state index < -0.39 is 18.2 Å². The van der Waals surface area contributed by atoms with Gasteiger partial charge in [0, 0.05) is 6.42 Å². The summed E-state index contributed by atoms with van der Waals surface area (Å²) in [5, 5.41) is 23.8. The molecule has 0 spiro atoms. The Kier molecular flexibility index (Phi) is 49.0. The molecular formula is C56H107NO5. The lowest BCUT2D eigenvalue weighted by atomic mass is 10.0. The fourth-order valence-corrected chi connectivity index (χ4v) is 8.54. The first-order valence-corrected chi connectivity index (χ1v) is 27.6. The number of nitrogens with one attached hydrogen (secondary N) is 1. The lowest BCUT2D eigenvalue weighted by molar-refractivity contribution is -0.151. The molecule has 0 aliphatic heterocycles. The number of ether oxygens (including phenoxy) is 1. The SMILES string of the molecule is CCCCCC/C=C\CCCCCCCCCC(=O)OC(CCC/C=C\CCCCCCCC)CC(=O)NC(CO)C(O)CCCCCCCCCCCCCCCCCCC. The van der Waals surface area contributed by atoms with Gasteiger partial charge in [0.15, 0.2) is 0 Å². The molecule has 0 saturated heterocycles. The fraction of sp³-hybridized carbons (Fsp3) is 0.893. The van der Waals surface area contributed by atoms with Gasteiger partial charge in [-0.1, -0.05) is 238 Å². The van der Waals surface area contributed by atoms with Crippen molar-refractivity contribution in [3.8, 4) is 0 Å². The van der Waals surface area contributed by atoms with E-state index in [-0.39, 0.29) is 24.9 Å². The molecule has 6 heteroatoms. The third-order valence-corrected chi connectivity index (χ3v) is 12.8. The minimum atomic E-state index is -0.792. The van der Waals surface area contributed by atoms with Crippen LogP contribution in [0.25, 0.3) is 0 Å². The minimum Gasteiger partial charge on any atom is -0.462 e. The van der Waals surface area contributed by atoms with Crippen LogP contribution in [-0.2, 0) is 14.3 Å². The van der Waals surface area contributed by atoms with Crippen molar-refractivity contribution in [1.82, 2.24) is 5.32 Å². The smallest absolute Gasteiger partial charge is 0.306 e. The maximum Gasteiger partial charge on any atom is 0.306 e. The summed E-state index contributed by atoms with van der Waals surface area (Å²) in [5.74, 6) is -0.496. The number of hydrogen-bond donors (Lipinski definition) is 3. The highest BCUT2D eigenvalue weighted by Gasteiger charge is 2.24. The summed E-state index contributed by atoms with van der Waals surface area (Å²) in [7, 11) is 0. The first-order valence-electron chi connectivity index (χ1n) is 27.6. The molecule has 1 amide bonds. The Labute approximate surface area is 386 Å². The molecule has 0 aromatic carbocycles. The number of hydrogen-bond acceptors (Lipinski definition) is 5. The summed E-state index contributed by atoms with van der Waals surface area (Å²) in [6, 6.07) is -0.707. The Bertz CT molecular complexity index is 981. The lowest BCUT2D eigenvalue weighted by Gasteiger charge is -2.24. The van der Waals surface area contributed by atoms with Gasteiger partial charge in [0.25, 0.3) is 0 Å². The van der Waals surface area contributed by atoms with Crippen LogP contribution in [0.1, 0.15) is 297 Å². The lowest BCUT2D eigenvalue weighted by Crippen LogP contribution is -2.46. The van der Waals surface area contributed by atoms with Crippen molar-refractivity contribution in [3.63, 3.8) is 0 Å². The Morgan fingerprint density at radius 1 is 0.452 bits per heavy atom. The van der Waals surface area contributed by atoms with E-state index in [0.717, 1.165) is 51.4 Å². The molecule has 0 bridgehead atoms. The largest absolute Gasteiger partial charge is 0.462 e. The standard InChI is InChI=1S/C56H107NO5/c1-4-7-10-13-16-19-22-24-26-27-29-30-33-36-39-42-45-48-54(59)53(51-58)57-55(60)50-52(47-44-41-38-35-32-21-18-15-12-9-6-3)62-56(61)49-46-43-40-37-34-31-28-25-23-20-17-14-11-8-5-2/h20,23,35,38,52-54,58-59H,4-19,21-22,24-34,36-37,39-51H2,1-3H3,(H,57,60)/b23-20-,38-35-. The summed E-state index contributed by atoms with van der Waals surface area (Å²) < 4.78 is 5.92. The highest BCUT2D eigenvalue weighted by Crippen LogP contribution is 2.18. The van der Waals surface area contributed by atoms with Crippen LogP contribution in [0.2, 0.25) is 0 Å². The quantitative estimate of drug-likeness (QED) is 0.0321. The van der Waals surface area contributed by atoms with E-state index in [1.165, 1.54) is 199 Å². The van der Waals surface area contributed by atoms with Crippen LogP contribution in [0, 0.1) is 0 Å². The highest BCUT2D eigenvalue weighted by molar-refractivity contribution is 5.77. The van der Waals surface area contributed by atoms with Gasteiger partial charge in [-0.05, 0) is 70.6 Å². The molecule has 62 heavy (non-hydrogen) atoms. The molecule has 0 saturated carbocycles. The zero-order valence-corrected chi connectivity index (χ0v) is 41.8. The third kappa shape index (κ3) is 44.9. The van der Waals surface area contributed by atoms with Gasteiger partial charge < -0.3 is 20.3 Å². The van der Waals surface area contributed by atoms with Gasteiger partial charge in [-0.3, -0.25) is 9.59 Å². The predicted molar refractivity (Wildman–Crippen MR) is 269 cm³/mol. The fourth-order valence-electron chi connectivity index (χ4n) is 8.54. The Morgan fingerprint density at radius 3 is 1.19 bits per heavy atom. The van der Waals surface area contributed by atoms with Gasteiger partial charge in [-0.15, -0.1) is 0 Å². The predicted octanol–water partition coefficient (Wildman–Crippen LogP) is 16.7. The maximum atomic E-state index is 13.2. The zero-order chi connectivity index (χ0) is 45.2. The van der Waals surface area contributed by atoms with Crippen molar-refractivity contribution in [3.05, 3.63) is 24.3 Å². The Hall–Kier alpha value is -1.66. The van der Waals surface area contributed by atoms with Crippen molar-refractivity contribution in [2.75, 3.05) is 6.61 Å². The number of aliphatic hydroxyl groups excluding tert-OH is 2. The number of carbonyl (C=O) groups excluding carboxylic acids is 2. The minimum absolute atomic E-state index is 0.0591. The molecule has 0 heterocycles. The van der Waals surface area contributed by atoms with Crippen LogP contribution in [0.15, 0.2) is 24.3 Å². The number of allylic oxidation sites excluding steroid dienone is 4. The molecule has 0 fully saturated rings. The van der Waals surface area contributed by atoms with Crippen LogP contribution in [0.4, 0.5) is 0 Å². The second kappa shape index (κ2) is 50.3. The van der Waals surface area contributed by atoms with E-state index in [1.54, 1.807) is 0 Å². The number of unbranched alkanes of at least 4 members (excludes halogenated alkanes) is 34. The molecule has 3 atom stereocenters. The van der Waals surface area contributed by atoms with Crippen molar-refractivity contribution >= 4 is 11.9 Å². The highest BCUT2D eigenvalue weighted by atomic mass is 16.5. The second-order valence-electron chi connectivity index (χ2n) is 19.0. The number of aliphatic hydroxyl groups is 2. The molecule has 366 valence electrons. The van der Waals surface area contributed by atoms with Gasteiger partial charge in [-0.2, -0.15) is 0 Å². The number of amides is 1. The van der Waals surface area contributed by atoms with Crippen molar-refractivity contribution in [1.29, 1.82) is 0 Å². The van der Waals surface area contributed by atoms with Crippen LogP contribution in [-0.4, -0.2) is 46.9 Å². The Morgan fingerprint density at radius 2 is 0.790 bits per heavy atom. The third-order valence-electron chi connectivity index (χ3n) is 12.8. The molecule has 0 aliphatic rings. The topological polar surface area (TPSA) is 95.9 Å². The van der Waals surface area contributed by atoms with Crippen molar-refractivity contribution < 1.29 is 24.5 Å². The molecular weight excluding hydrogens is 767 g/mol. The number of carbonyl (C=O) groups is 2. The zero-order valence-electron chi connectivity index (χ0n) is 41.8. The summed E-state index contributed by atoms with van der Waals surface area (Å²) >= 11 is 0. The molecule has 3 N–H and O–H groups in total. The van der Waals surface area contributed by atoms with Crippen LogP contribution in [0.5, 0.6) is 0 Å². The van der Waals surface area contributed by atoms with Crippen LogP contribution >= 0.6 is 0 Å². The molecule has 0 aromatic rings. The van der Waals surface area contributed by atoms with E-state index in [9.17, 15) is 19.8 Å². The maximum absolute atomic E-state index is 13.2. The molecule has 0 radical (unpaired) electrons. The summed E-state index contributed by atoms with van der Waals surface area (Å²) in [5.41, 5.74) is 0. The van der Waals surface area contributed by atoms with E-state index in [2.05, 4.69) is 50.4 Å². The van der Waals surface area contributed by atoms with Crippen molar-refractivity contribution in [2.24, 2.45) is 0 Å². The molecule has 0 aromatic heterocycles. The van der Waals surface area contributed by atoms with Crippen molar-refractivity contribution in [2.45, 2.75) is 315 Å². The molecule has 6 nitrogen and oxygen atoms in total. The van der Waals surface area contributed by atoms with Gasteiger partial charge in [0.05, 0.1) is 25.2 Å². The summed E-state index contributed by atoms with van der Waals surface area (Å²) in [6.45, 7) is 6.48. The van der Waals surface area contributed by atoms with E-state index in [4.69, 9.17) is 4.74 Å². The normalized spacial score (nSPS) is 13.3. The van der Waals surface area contributed by atoms with Crippen LogP contribution < -0.4 is 5.32 Å². The first kappa shape index (κ1) is 60.3.